The van der Waals surface area contributed by atoms with E-state index in [0.29, 0.717) is 6.04 Å². The highest BCUT2D eigenvalue weighted by Gasteiger charge is 2.20. The number of aryl methyl sites for hydroxylation is 1. The zero-order valence-corrected chi connectivity index (χ0v) is 13.3. The summed E-state index contributed by atoms with van der Waals surface area (Å²) in [6.45, 7) is 13.1. The summed E-state index contributed by atoms with van der Waals surface area (Å²) in [7, 11) is 0. The van der Waals surface area contributed by atoms with E-state index in [0.717, 1.165) is 29.7 Å². The minimum Gasteiger partial charge on any atom is -0.394 e. The number of hydrogen-bond acceptors (Lipinski definition) is 4. The molecule has 0 unspecified atom stereocenters. The van der Waals surface area contributed by atoms with Gasteiger partial charge >= 0.3 is 0 Å². The molecule has 20 heavy (non-hydrogen) atoms. The van der Waals surface area contributed by atoms with Crippen LogP contribution in [0.15, 0.2) is 0 Å². The maximum Gasteiger partial charge on any atom is 0.148 e. The molecule has 0 amide bonds. The van der Waals surface area contributed by atoms with E-state index in [9.17, 15) is 0 Å². The highest BCUT2D eigenvalue weighted by Crippen LogP contribution is 2.26. The van der Waals surface area contributed by atoms with Crippen LogP contribution < -0.4 is 11.1 Å². The minimum atomic E-state index is 0.329. The lowest BCUT2D eigenvalue weighted by atomic mass is 9.97. The molecule has 2 rings (SSSR count). The highest BCUT2D eigenvalue weighted by atomic mass is 15.4. The van der Waals surface area contributed by atoms with E-state index in [-0.39, 0.29) is 0 Å². The second kappa shape index (κ2) is 6.48. The maximum absolute atomic E-state index is 6.15. The lowest BCUT2D eigenvalue weighted by Gasteiger charge is -2.31. The molecule has 0 spiro atoms. The Bertz CT molecular complexity index is 430. The number of rotatable bonds is 5. The highest BCUT2D eigenvalue weighted by molar-refractivity contribution is 5.64. The summed E-state index contributed by atoms with van der Waals surface area (Å²) in [5.74, 6) is 1.74. The molecule has 0 aromatic carbocycles. The summed E-state index contributed by atoms with van der Waals surface area (Å²) < 4.78 is 2.01. The Morgan fingerprint density at radius 1 is 1.35 bits per heavy atom. The molecule has 0 atom stereocenters. The van der Waals surface area contributed by atoms with Gasteiger partial charge in [0.15, 0.2) is 0 Å². The van der Waals surface area contributed by atoms with E-state index >= 15 is 0 Å². The number of hydrogen-bond donors (Lipinski definition) is 2. The van der Waals surface area contributed by atoms with Gasteiger partial charge in [0.1, 0.15) is 5.82 Å². The van der Waals surface area contributed by atoms with Gasteiger partial charge in [0, 0.05) is 12.6 Å². The fourth-order valence-corrected chi connectivity index (χ4v) is 2.86. The molecular weight excluding hydrogens is 250 g/mol. The normalized spacial score (nSPS) is 17.9. The third-order valence-electron chi connectivity index (χ3n) is 4.33. The smallest absolute Gasteiger partial charge is 0.148 e. The van der Waals surface area contributed by atoms with Crippen LogP contribution in [0.4, 0.5) is 11.5 Å². The summed E-state index contributed by atoms with van der Waals surface area (Å²) in [4.78, 5) is 2.52. The number of anilines is 2. The zero-order valence-electron chi connectivity index (χ0n) is 13.3. The fourth-order valence-electron chi connectivity index (χ4n) is 2.86. The molecule has 114 valence electrons. The number of nitrogen functional groups attached to an aromatic ring is 1. The molecular formula is C15H29N5. The maximum atomic E-state index is 6.15. The zero-order chi connectivity index (χ0) is 14.7. The van der Waals surface area contributed by atoms with Gasteiger partial charge < -0.3 is 16.0 Å². The number of nitrogens with zero attached hydrogens (tertiary/aromatic N) is 3. The van der Waals surface area contributed by atoms with Crippen LogP contribution in [0.2, 0.25) is 0 Å². The van der Waals surface area contributed by atoms with Crippen LogP contribution in [-0.4, -0.2) is 40.9 Å². The molecule has 3 N–H and O–H groups in total. The van der Waals surface area contributed by atoms with Crippen molar-refractivity contribution in [3.8, 4) is 0 Å². The van der Waals surface area contributed by atoms with Crippen molar-refractivity contribution in [2.45, 2.75) is 46.6 Å². The Morgan fingerprint density at radius 2 is 2.00 bits per heavy atom. The van der Waals surface area contributed by atoms with Crippen molar-refractivity contribution in [3.05, 3.63) is 5.69 Å². The second-order valence-corrected chi connectivity index (χ2v) is 6.14. The van der Waals surface area contributed by atoms with E-state index in [4.69, 9.17) is 5.73 Å². The van der Waals surface area contributed by atoms with Crippen molar-refractivity contribution in [1.29, 1.82) is 0 Å². The van der Waals surface area contributed by atoms with E-state index in [1.807, 2.05) is 11.6 Å². The number of aromatic nitrogens is 2. The summed E-state index contributed by atoms with van der Waals surface area (Å²) >= 11 is 0. The van der Waals surface area contributed by atoms with Crippen molar-refractivity contribution in [3.63, 3.8) is 0 Å². The van der Waals surface area contributed by atoms with Crippen molar-refractivity contribution in [2.24, 2.45) is 5.92 Å². The molecule has 1 aliphatic rings. The number of nitrogens with two attached hydrogens (primary N) is 1. The topological polar surface area (TPSA) is 59.1 Å². The lowest BCUT2D eigenvalue weighted by molar-refractivity contribution is 0.198. The van der Waals surface area contributed by atoms with E-state index < -0.39 is 0 Å². The van der Waals surface area contributed by atoms with Gasteiger partial charge in [-0.1, -0.05) is 6.92 Å². The van der Waals surface area contributed by atoms with E-state index in [2.05, 4.69) is 36.1 Å². The Labute approximate surface area is 122 Å². The quantitative estimate of drug-likeness (QED) is 0.869. The minimum absolute atomic E-state index is 0.329. The standard InChI is InChI=1S/C15H29N5/c1-5-19-8-6-13(7-9-19)10-17-15-14(16)12(4)18-20(15)11(2)3/h11,13,17H,5-10,16H2,1-4H3. The van der Waals surface area contributed by atoms with Gasteiger partial charge in [-0.3, -0.25) is 0 Å². The van der Waals surface area contributed by atoms with Crippen LogP contribution in [0.1, 0.15) is 45.3 Å². The first kappa shape index (κ1) is 15.2. The summed E-state index contributed by atoms with van der Waals surface area (Å²) in [5, 5.41) is 8.06. The van der Waals surface area contributed by atoms with Gasteiger partial charge in [-0.05, 0) is 59.2 Å². The van der Waals surface area contributed by atoms with Gasteiger partial charge in [0.25, 0.3) is 0 Å². The molecule has 1 aromatic heterocycles. The average Bonchev–Trinajstić information content (AvgIpc) is 2.73. The molecule has 1 aromatic rings. The average molecular weight is 279 g/mol. The predicted molar refractivity (Wildman–Crippen MR) is 85.1 cm³/mol. The molecule has 0 bridgehead atoms. The molecule has 0 saturated carbocycles. The lowest BCUT2D eigenvalue weighted by Crippen LogP contribution is -2.35. The van der Waals surface area contributed by atoms with E-state index in [1.165, 1.54) is 32.5 Å². The number of nitrogens with one attached hydrogen (secondary N) is 1. The largest absolute Gasteiger partial charge is 0.394 e. The fraction of sp³-hybridized carbons (Fsp3) is 0.800. The number of likely N-dealkylation sites (tertiary alicyclic amines) is 1. The first-order valence-electron chi connectivity index (χ1n) is 7.83. The molecule has 1 fully saturated rings. The summed E-state index contributed by atoms with van der Waals surface area (Å²) in [6, 6.07) is 0.329. The molecule has 0 radical (unpaired) electrons. The van der Waals surface area contributed by atoms with Crippen LogP contribution in [0.5, 0.6) is 0 Å². The molecule has 5 nitrogen and oxygen atoms in total. The first-order chi connectivity index (χ1) is 9.52. The van der Waals surface area contributed by atoms with Gasteiger partial charge in [-0.15, -0.1) is 0 Å². The van der Waals surface area contributed by atoms with Gasteiger partial charge in [0.2, 0.25) is 0 Å². The van der Waals surface area contributed by atoms with Gasteiger partial charge in [-0.25, -0.2) is 4.68 Å². The molecule has 2 heterocycles. The van der Waals surface area contributed by atoms with Gasteiger partial charge in [-0.2, -0.15) is 5.10 Å². The van der Waals surface area contributed by atoms with Gasteiger partial charge in [0.05, 0.1) is 11.4 Å². The SMILES string of the molecule is CCN1CCC(CNc2c(N)c(C)nn2C(C)C)CC1. The number of piperidine rings is 1. The third-order valence-corrected chi connectivity index (χ3v) is 4.33. The van der Waals surface area contributed by atoms with Crippen molar-refractivity contribution < 1.29 is 0 Å². The van der Waals surface area contributed by atoms with Crippen LogP contribution in [0, 0.1) is 12.8 Å². The summed E-state index contributed by atoms with van der Waals surface area (Å²) in [6.07, 6.45) is 2.55. The monoisotopic (exact) mass is 279 g/mol. The Hall–Kier alpha value is -1.23. The van der Waals surface area contributed by atoms with Crippen LogP contribution in [0.25, 0.3) is 0 Å². The van der Waals surface area contributed by atoms with Crippen molar-refractivity contribution in [1.82, 2.24) is 14.7 Å². The first-order valence-corrected chi connectivity index (χ1v) is 7.83. The van der Waals surface area contributed by atoms with Crippen LogP contribution in [-0.2, 0) is 0 Å². The van der Waals surface area contributed by atoms with Crippen molar-refractivity contribution in [2.75, 3.05) is 37.2 Å². The Morgan fingerprint density at radius 3 is 2.55 bits per heavy atom. The van der Waals surface area contributed by atoms with E-state index in [1.54, 1.807) is 0 Å². The third kappa shape index (κ3) is 3.26. The molecule has 1 aliphatic heterocycles. The van der Waals surface area contributed by atoms with Crippen LogP contribution >= 0.6 is 0 Å². The van der Waals surface area contributed by atoms with Crippen molar-refractivity contribution >= 4 is 11.5 Å². The Kier molecular flexibility index (Phi) is 4.91. The second-order valence-electron chi connectivity index (χ2n) is 6.14. The Balaban J connectivity index is 1.94. The van der Waals surface area contributed by atoms with Crippen LogP contribution in [0.3, 0.4) is 0 Å². The summed E-state index contributed by atoms with van der Waals surface area (Å²) in [5.41, 5.74) is 7.86. The predicted octanol–water partition coefficient (Wildman–Crippen LogP) is 2.50. The molecule has 5 heteroatoms. The molecule has 0 aliphatic carbocycles. The molecule has 1 saturated heterocycles.